The lowest BCUT2D eigenvalue weighted by Crippen LogP contribution is -2.11. The van der Waals surface area contributed by atoms with Gasteiger partial charge in [0.2, 0.25) is 10.0 Å². The third-order valence-electron chi connectivity index (χ3n) is 3.73. The molecule has 3 rings (SSSR count). The van der Waals surface area contributed by atoms with Crippen molar-refractivity contribution in [3.05, 3.63) is 59.7 Å². The van der Waals surface area contributed by atoms with Gasteiger partial charge in [0.05, 0.1) is 23.0 Å². The van der Waals surface area contributed by atoms with Crippen molar-refractivity contribution in [1.82, 2.24) is 3.97 Å². The molecule has 0 N–H and O–H groups in total. The summed E-state index contributed by atoms with van der Waals surface area (Å²) in [4.78, 5) is 0. The van der Waals surface area contributed by atoms with Crippen LogP contribution >= 0.6 is 0 Å². The summed E-state index contributed by atoms with van der Waals surface area (Å²) in [5, 5.41) is 0.660. The molecule has 0 aliphatic heterocycles. The predicted octanol–water partition coefficient (Wildman–Crippen LogP) is 5.47. The molecular formula is C19H20F3NO2S. The van der Waals surface area contributed by atoms with Gasteiger partial charge >= 0.3 is 6.18 Å². The standard InChI is InChI=1S/C17H14F3NO2S.C2H6/c1-11-6-7-15-13(8-11)10-16(21(15)24(2,22)23)12-4-3-5-14(9-12)17(18,19)20;1-2/h3-10H,1-2H3;1-2H3. The summed E-state index contributed by atoms with van der Waals surface area (Å²) in [5.74, 6) is 0. The van der Waals surface area contributed by atoms with E-state index in [1.54, 1.807) is 24.3 Å². The highest BCUT2D eigenvalue weighted by Gasteiger charge is 2.31. The first-order valence-electron chi connectivity index (χ1n) is 8.08. The number of halogens is 3. The van der Waals surface area contributed by atoms with Gasteiger partial charge in [-0.3, -0.25) is 0 Å². The Bertz CT molecular complexity index is 1030. The van der Waals surface area contributed by atoms with Crippen LogP contribution in [0.25, 0.3) is 22.2 Å². The Hall–Kier alpha value is -2.28. The van der Waals surface area contributed by atoms with Gasteiger partial charge in [-0.2, -0.15) is 13.2 Å². The maximum Gasteiger partial charge on any atom is 0.416 e. The molecule has 0 atom stereocenters. The molecule has 3 aromatic rings. The summed E-state index contributed by atoms with van der Waals surface area (Å²) in [6.07, 6.45) is -3.46. The Morgan fingerprint density at radius 1 is 0.962 bits per heavy atom. The first-order chi connectivity index (χ1) is 12.1. The van der Waals surface area contributed by atoms with Gasteiger partial charge in [-0.1, -0.05) is 37.6 Å². The molecule has 0 aliphatic rings. The zero-order chi connectivity index (χ0) is 19.7. The topological polar surface area (TPSA) is 39.1 Å². The summed E-state index contributed by atoms with van der Waals surface area (Å²) < 4.78 is 64.4. The van der Waals surface area contributed by atoms with Crippen LogP contribution in [0.5, 0.6) is 0 Å². The van der Waals surface area contributed by atoms with Gasteiger partial charge in [-0.25, -0.2) is 12.4 Å². The quantitative estimate of drug-likeness (QED) is 0.589. The van der Waals surface area contributed by atoms with E-state index in [9.17, 15) is 21.6 Å². The maximum absolute atomic E-state index is 13.0. The number of benzene rings is 2. The van der Waals surface area contributed by atoms with E-state index in [1.165, 1.54) is 12.1 Å². The number of aromatic nitrogens is 1. The lowest BCUT2D eigenvalue weighted by molar-refractivity contribution is -0.137. The van der Waals surface area contributed by atoms with Crippen LogP contribution < -0.4 is 0 Å². The second-order valence-electron chi connectivity index (χ2n) is 5.70. The molecule has 1 aromatic heterocycles. The third-order valence-corrected chi connectivity index (χ3v) is 4.79. The molecule has 0 amide bonds. The number of hydrogen-bond acceptors (Lipinski definition) is 2. The number of hydrogen-bond donors (Lipinski definition) is 0. The van der Waals surface area contributed by atoms with Crippen LogP contribution in [-0.2, 0) is 16.2 Å². The highest BCUT2D eigenvalue weighted by atomic mass is 32.2. The fourth-order valence-electron chi connectivity index (χ4n) is 2.72. The van der Waals surface area contributed by atoms with Gasteiger partial charge < -0.3 is 0 Å². The van der Waals surface area contributed by atoms with Crippen LogP contribution in [0, 0.1) is 6.92 Å². The minimum Gasteiger partial charge on any atom is -0.237 e. The molecule has 0 bridgehead atoms. The van der Waals surface area contributed by atoms with Crippen molar-refractivity contribution in [2.75, 3.05) is 6.26 Å². The molecule has 7 heteroatoms. The molecule has 2 aromatic carbocycles. The lowest BCUT2D eigenvalue weighted by atomic mass is 10.1. The van der Waals surface area contributed by atoms with Crippen molar-refractivity contribution in [1.29, 1.82) is 0 Å². The normalized spacial score (nSPS) is 12.0. The van der Waals surface area contributed by atoms with Gasteiger partial charge in [0, 0.05) is 5.39 Å². The van der Waals surface area contributed by atoms with Crippen LogP contribution in [0.2, 0.25) is 0 Å². The molecule has 0 unspecified atom stereocenters. The molecule has 0 saturated heterocycles. The third kappa shape index (κ3) is 3.93. The molecule has 140 valence electrons. The van der Waals surface area contributed by atoms with E-state index in [0.29, 0.717) is 10.9 Å². The van der Waals surface area contributed by atoms with Crippen molar-refractivity contribution < 1.29 is 21.6 Å². The van der Waals surface area contributed by atoms with E-state index < -0.39 is 21.8 Å². The Labute approximate surface area is 151 Å². The highest BCUT2D eigenvalue weighted by Crippen LogP contribution is 2.35. The Morgan fingerprint density at radius 2 is 1.62 bits per heavy atom. The second kappa shape index (κ2) is 7.15. The van der Waals surface area contributed by atoms with Crippen LogP contribution in [0.3, 0.4) is 0 Å². The summed E-state index contributed by atoms with van der Waals surface area (Å²) in [6, 6.07) is 11.5. The van der Waals surface area contributed by atoms with Crippen LogP contribution in [0.4, 0.5) is 13.2 Å². The largest absolute Gasteiger partial charge is 0.416 e. The zero-order valence-electron chi connectivity index (χ0n) is 14.9. The fourth-order valence-corrected chi connectivity index (χ4v) is 3.76. The maximum atomic E-state index is 13.0. The summed E-state index contributed by atoms with van der Waals surface area (Å²) in [6.45, 7) is 5.86. The molecule has 0 fully saturated rings. The van der Waals surface area contributed by atoms with E-state index in [2.05, 4.69) is 0 Å². The van der Waals surface area contributed by atoms with E-state index in [1.807, 2.05) is 20.8 Å². The molecule has 1 heterocycles. The van der Waals surface area contributed by atoms with Gasteiger partial charge in [0.25, 0.3) is 0 Å². The molecule has 3 nitrogen and oxygen atoms in total. The Morgan fingerprint density at radius 3 is 2.19 bits per heavy atom. The number of fused-ring (bicyclic) bond motifs is 1. The number of alkyl halides is 3. The summed E-state index contributed by atoms with van der Waals surface area (Å²) in [5.41, 5.74) is 0.967. The molecule has 0 saturated carbocycles. The van der Waals surface area contributed by atoms with Crippen molar-refractivity contribution in [2.24, 2.45) is 0 Å². The van der Waals surface area contributed by atoms with E-state index in [-0.39, 0.29) is 11.3 Å². The number of rotatable bonds is 2. The fraction of sp³-hybridized carbons (Fsp3) is 0.263. The number of nitrogens with zero attached hydrogens (tertiary/aromatic N) is 1. The molecule has 0 spiro atoms. The minimum absolute atomic E-state index is 0.198. The van der Waals surface area contributed by atoms with E-state index in [4.69, 9.17) is 0 Å². The van der Waals surface area contributed by atoms with Gasteiger partial charge in [0.1, 0.15) is 0 Å². The first-order valence-corrected chi connectivity index (χ1v) is 9.92. The van der Waals surface area contributed by atoms with Crippen molar-refractivity contribution in [3.8, 4) is 11.3 Å². The SMILES string of the molecule is CC.Cc1ccc2c(c1)cc(-c1cccc(C(F)(F)F)c1)n2S(C)(=O)=O. The smallest absolute Gasteiger partial charge is 0.237 e. The summed E-state index contributed by atoms with van der Waals surface area (Å²) in [7, 11) is -3.69. The zero-order valence-corrected chi connectivity index (χ0v) is 15.7. The highest BCUT2D eigenvalue weighted by molar-refractivity contribution is 7.89. The molecular weight excluding hydrogens is 363 g/mol. The van der Waals surface area contributed by atoms with Crippen molar-refractivity contribution in [3.63, 3.8) is 0 Å². The van der Waals surface area contributed by atoms with E-state index in [0.717, 1.165) is 27.9 Å². The van der Waals surface area contributed by atoms with Crippen LogP contribution in [-0.4, -0.2) is 18.6 Å². The first kappa shape index (κ1) is 20.0. The monoisotopic (exact) mass is 383 g/mol. The van der Waals surface area contributed by atoms with E-state index >= 15 is 0 Å². The average molecular weight is 383 g/mol. The van der Waals surface area contributed by atoms with Crippen molar-refractivity contribution in [2.45, 2.75) is 26.9 Å². The Balaban J connectivity index is 0.00000117. The Kier molecular flexibility index (Phi) is 5.51. The average Bonchev–Trinajstić information content (AvgIpc) is 2.95. The molecule has 0 aliphatic carbocycles. The lowest BCUT2D eigenvalue weighted by Gasteiger charge is -2.11. The minimum atomic E-state index is -4.49. The predicted molar refractivity (Wildman–Crippen MR) is 98.7 cm³/mol. The van der Waals surface area contributed by atoms with Crippen LogP contribution in [0.15, 0.2) is 48.5 Å². The van der Waals surface area contributed by atoms with Gasteiger partial charge in [-0.15, -0.1) is 0 Å². The summed E-state index contributed by atoms with van der Waals surface area (Å²) >= 11 is 0. The van der Waals surface area contributed by atoms with Gasteiger partial charge in [-0.05, 0) is 42.8 Å². The molecule has 26 heavy (non-hydrogen) atoms. The van der Waals surface area contributed by atoms with Crippen LogP contribution in [0.1, 0.15) is 25.0 Å². The second-order valence-corrected chi connectivity index (χ2v) is 7.53. The van der Waals surface area contributed by atoms with Crippen molar-refractivity contribution >= 4 is 20.9 Å². The number of aryl methyl sites for hydroxylation is 1. The molecule has 0 radical (unpaired) electrons. The van der Waals surface area contributed by atoms with Gasteiger partial charge in [0.15, 0.2) is 0 Å².